The van der Waals surface area contributed by atoms with Crippen LogP contribution >= 0.6 is 0 Å². The highest BCUT2D eigenvalue weighted by Gasteiger charge is 2.19. The first-order valence-electron chi connectivity index (χ1n) is 8.72. The molecule has 0 saturated carbocycles. The first-order valence-corrected chi connectivity index (χ1v) is 8.72. The summed E-state index contributed by atoms with van der Waals surface area (Å²) in [6.45, 7) is 1.90. The Morgan fingerprint density at radius 1 is 0.885 bits per heavy atom. The molecule has 0 radical (unpaired) electrons. The summed E-state index contributed by atoms with van der Waals surface area (Å²) in [4.78, 5) is 4.70. The van der Waals surface area contributed by atoms with Gasteiger partial charge in [-0.05, 0) is 22.9 Å². The number of hydrogen-bond acceptors (Lipinski definition) is 2. The molecule has 0 aliphatic rings. The molecule has 5 aromatic rings. The Bertz CT molecular complexity index is 1260. The van der Waals surface area contributed by atoms with Gasteiger partial charge in [0.15, 0.2) is 11.7 Å². The van der Waals surface area contributed by atoms with Crippen molar-refractivity contribution >= 4 is 21.7 Å². The second-order valence-corrected chi connectivity index (χ2v) is 6.64. The molecule has 0 aliphatic carbocycles. The summed E-state index contributed by atoms with van der Waals surface area (Å²) in [5, 5.41) is 3.60. The van der Waals surface area contributed by atoms with Crippen molar-refractivity contribution in [2.45, 2.75) is 6.92 Å². The molecule has 3 aromatic carbocycles. The van der Waals surface area contributed by atoms with Crippen molar-refractivity contribution in [2.75, 3.05) is 0 Å². The quantitative estimate of drug-likeness (QED) is 0.397. The smallest absolute Gasteiger partial charge is 0.192 e. The Morgan fingerprint density at radius 2 is 1.65 bits per heavy atom. The fourth-order valence-corrected chi connectivity index (χ4v) is 3.66. The molecule has 126 valence electrons. The van der Waals surface area contributed by atoms with E-state index in [1.54, 1.807) is 0 Å². The first kappa shape index (κ1) is 15.0. The lowest BCUT2D eigenvalue weighted by Gasteiger charge is -2.03. The predicted octanol–water partition coefficient (Wildman–Crippen LogP) is 5.96. The molecule has 5 rings (SSSR count). The highest BCUT2D eigenvalue weighted by Crippen LogP contribution is 2.38. The fraction of sp³-hybridized carbons (Fsp3) is 0.0870. The molecular weight excluding hydrogens is 320 g/mol. The molecule has 0 fully saturated rings. The Balaban J connectivity index is 1.76. The molecule has 0 unspecified atom stereocenters. The number of fused-ring (bicyclic) bond motifs is 2. The van der Waals surface area contributed by atoms with Crippen LogP contribution in [0.4, 0.5) is 0 Å². The Kier molecular flexibility index (Phi) is 3.22. The van der Waals surface area contributed by atoms with Crippen LogP contribution in [0, 0.1) is 6.92 Å². The molecular formula is C23H18N2O. The van der Waals surface area contributed by atoms with E-state index in [1.165, 1.54) is 21.7 Å². The largest absolute Gasteiger partial charge is 0.440 e. The monoisotopic (exact) mass is 338 g/mol. The maximum atomic E-state index is 6.06. The molecule has 0 saturated heterocycles. The minimum atomic E-state index is 0.677. The van der Waals surface area contributed by atoms with E-state index in [2.05, 4.69) is 84.5 Å². The maximum absolute atomic E-state index is 6.06. The van der Waals surface area contributed by atoms with Crippen LogP contribution in [0.15, 0.2) is 77.3 Å². The summed E-state index contributed by atoms with van der Waals surface area (Å²) >= 11 is 0. The number of nitrogens with zero attached hydrogens (tertiary/aromatic N) is 2. The van der Waals surface area contributed by atoms with E-state index in [-0.39, 0.29) is 0 Å². The Labute approximate surface area is 151 Å². The van der Waals surface area contributed by atoms with Gasteiger partial charge < -0.3 is 8.98 Å². The van der Waals surface area contributed by atoms with Crippen molar-refractivity contribution in [1.82, 2.24) is 9.55 Å². The summed E-state index contributed by atoms with van der Waals surface area (Å²) in [5.74, 6) is 1.51. The van der Waals surface area contributed by atoms with Crippen LogP contribution in [0.3, 0.4) is 0 Å². The second-order valence-electron chi connectivity index (χ2n) is 6.64. The third-order valence-corrected chi connectivity index (χ3v) is 4.90. The molecule has 0 atom stereocenters. The summed E-state index contributed by atoms with van der Waals surface area (Å²) in [6.07, 6.45) is 2.12. The second kappa shape index (κ2) is 5.60. The van der Waals surface area contributed by atoms with Crippen LogP contribution < -0.4 is 0 Å². The lowest BCUT2D eigenvalue weighted by Crippen LogP contribution is -1.83. The van der Waals surface area contributed by atoms with E-state index in [0.717, 1.165) is 22.6 Å². The Morgan fingerprint density at radius 3 is 2.54 bits per heavy atom. The minimum absolute atomic E-state index is 0.677. The topological polar surface area (TPSA) is 31.0 Å². The van der Waals surface area contributed by atoms with Crippen molar-refractivity contribution < 1.29 is 4.42 Å². The zero-order chi connectivity index (χ0) is 17.7. The zero-order valence-electron chi connectivity index (χ0n) is 14.7. The van der Waals surface area contributed by atoms with Crippen molar-refractivity contribution in [3.8, 4) is 22.6 Å². The highest BCUT2D eigenvalue weighted by molar-refractivity contribution is 5.98. The van der Waals surface area contributed by atoms with E-state index in [1.807, 2.05) is 6.92 Å². The van der Waals surface area contributed by atoms with Crippen LogP contribution in [-0.2, 0) is 7.05 Å². The number of aromatic nitrogens is 2. The number of rotatable bonds is 2. The summed E-state index contributed by atoms with van der Waals surface area (Å²) in [6, 6.07) is 23.2. The van der Waals surface area contributed by atoms with Gasteiger partial charge in [-0.3, -0.25) is 0 Å². The van der Waals surface area contributed by atoms with E-state index in [0.29, 0.717) is 5.89 Å². The number of hydrogen-bond donors (Lipinski definition) is 0. The molecule has 2 heterocycles. The van der Waals surface area contributed by atoms with Gasteiger partial charge in [-0.15, -0.1) is 0 Å². The maximum Gasteiger partial charge on any atom is 0.192 e. The van der Waals surface area contributed by atoms with Gasteiger partial charge >= 0.3 is 0 Å². The average molecular weight is 338 g/mol. The molecule has 0 amide bonds. The third-order valence-electron chi connectivity index (χ3n) is 4.90. The van der Waals surface area contributed by atoms with E-state index in [4.69, 9.17) is 9.40 Å². The fourth-order valence-electron chi connectivity index (χ4n) is 3.66. The zero-order valence-corrected chi connectivity index (χ0v) is 14.7. The van der Waals surface area contributed by atoms with Crippen LogP contribution in [0.2, 0.25) is 0 Å². The van der Waals surface area contributed by atoms with E-state index in [9.17, 15) is 0 Å². The lowest BCUT2D eigenvalue weighted by atomic mass is 10.0. The van der Waals surface area contributed by atoms with Gasteiger partial charge in [-0.25, -0.2) is 4.98 Å². The standard InChI is InChI=1S/C23H18N2O/c1-15-24-22(18-12-11-16-7-3-4-8-17(16)13-18)23(26-15)20-14-25(2)21-10-6-5-9-19(20)21/h3-14H,1-2H3. The average Bonchev–Trinajstić information content (AvgIpc) is 3.22. The van der Waals surface area contributed by atoms with Crippen LogP contribution in [0.5, 0.6) is 0 Å². The predicted molar refractivity (Wildman–Crippen MR) is 106 cm³/mol. The Hall–Kier alpha value is -3.33. The molecule has 26 heavy (non-hydrogen) atoms. The van der Waals surface area contributed by atoms with Gasteiger partial charge in [0.2, 0.25) is 0 Å². The van der Waals surface area contributed by atoms with Crippen LogP contribution in [0.1, 0.15) is 5.89 Å². The molecule has 2 aromatic heterocycles. The normalized spacial score (nSPS) is 11.5. The lowest BCUT2D eigenvalue weighted by molar-refractivity contribution is 0.535. The third kappa shape index (κ3) is 2.25. The number of benzene rings is 3. The first-order chi connectivity index (χ1) is 12.7. The van der Waals surface area contributed by atoms with Crippen LogP contribution in [0.25, 0.3) is 44.3 Å². The van der Waals surface area contributed by atoms with Crippen molar-refractivity contribution in [3.05, 3.63) is 78.8 Å². The van der Waals surface area contributed by atoms with E-state index < -0.39 is 0 Å². The van der Waals surface area contributed by atoms with Crippen molar-refractivity contribution in [2.24, 2.45) is 7.05 Å². The summed E-state index contributed by atoms with van der Waals surface area (Å²) in [7, 11) is 2.06. The molecule has 0 bridgehead atoms. The highest BCUT2D eigenvalue weighted by atomic mass is 16.4. The number of oxazole rings is 1. The molecule has 3 nitrogen and oxygen atoms in total. The van der Waals surface area contributed by atoms with E-state index >= 15 is 0 Å². The van der Waals surface area contributed by atoms with Gasteiger partial charge in [-0.2, -0.15) is 0 Å². The van der Waals surface area contributed by atoms with Gasteiger partial charge in [0.1, 0.15) is 5.69 Å². The molecule has 0 aliphatic heterocycles. The number of para-hydroxylation sites is 1. The molecule has 0 spiro atoms. The van der Waals surface area contributed by atoms with Crippen LogP contribution in [-0.4, -0.2) is 9.55 Å². The summed E-state index contributed by atoms with van der Waals surface area (Å²) in [5.41, 5.74) is 4.22. The van der Waals surface area contributed by atoms with Crippen molar-refractivity contribution in [3.63, 3.8) is 0 Å². The van der Waals surface area contributed by atoms with Crippen molar-refractivity contribution in [1.29, 1.82) is 0 Å². The van der Waals surface area contributed by atoms with Gasteiger partial charge in [0, 0.05) is 42.2 Å². The number of aryl methyl sites for hydroxylation is 2. The SMILES string of the molecule is Cc1nc(-c2ccc3ccccc3c2)c(-c2cn(C)c3ccccc23)o1. The molecule has 3 heteroatoms. The van der Waals surface area contributed by atoms with Gasteiger partial charge in [0.05, 0.1) is 0 Å². The summed E-state index contributed by atoms with van der Waals surface area (Å²) < 4.78 is 8.20. The minimum Gasteiger partial charge on any atom is -0.440 e. The van der Waals surface area contributed by atoms with Gasteiger partial charge in [0.25, 0.3) is 0 Å². The molecule has 0 N–H and O–H groups in total. The van der Waals surface area contributed by atoms with Gasteiger partial charge in [-0.1, -0.05) is 54.6 Å².